The van der Waals surface area contributed by atoms with Gasteiger partial charge in [-0.3, -0.25) is 4.90 Å². The van der Waals surface area contributed by atoms with Gasteiger partial charge in [-0.05, 0) is 24.6 Å². The van der Waals surface area contributed by atoms with E-state index >= 15 is 0 Å². The number of anilines is 1. The van der Waals surface area contributed by atoms with Crippen molar-refractivity contribution in [2.45, 2.75) is 6.92 Å². The molecule has 14 heavy (non-hydrogen) atoms. The third kappa shape index (κ3) is 2.07. The minimum atomic E-state index is -0.119. The molecule has 0 saturated carbocycles. The molecule has 0 atom stereocenters. The van der Waals surface area contributed by atoms with E-state index in [0.29, 0.717) is 0 Å². The Morgan fingerprint density at radius 2 is 2.14 bits per heavy atom. The van der Waals surface area contributed by atoms with Crippen LogP contribution in [0.5, 0.6) is 0 Å². The lowest BCUT2D eigenvalue weighted by Gasteiger charge is -2.19. The van der Waals surface area contributed by atoms with Crippen LogP contribution in [0.15, 0.2) is 22.7 Å². The molecule has 0 saturated heterocycles. The lowest BCUT2D eigenvalue weighted by molar-refractivity contribution is 0.249. The van der Waals surface area contributed by atoms with E-state index in [1.54, 1.807) is 19.0 Å². The number of benzene rings is 1. The van der Waals surface area contributed by atoms with E-state index in [1.165, 1.54) is 0 Å². The normalized spacial score (nSPS) is 9.71. The van der Waals surface area contributed by atoms with Crippen molar-refractivity contribution >= 4 is 27.6 Å². The molecule has 0 aromatic heterocycles. The van der Waals surface area contributed by atoms with Crippen LogP contribution in [0.3, 0.4) is 0 Å². The molecular weight excluding hydrogens is 244 g/mol. The average Bonchev–Trinajstić information content (AvgIpc) is 2.20. The first-order valence-electron chi connectivity index (χ1n) is 4.28. The molecule has 0 unspecified atom stereocenters. The summed E-state index contributed by atoms with van der Waals surface area (Å²) in [5.74, 6) is 0. The van der Waals surface area contributed by atoms with E-state index in [2.05, 4.69) is 21.2 Å². The summed E-state index contributed by atoms with van der Waals surface area (Å²) < 4.78 is 1.01. The van der Waals surface area contributed by atoms with Gasteiger partial charge in [0.2, 0.25) is 0 Å². The standard InChI is InChI=1S/C10H13BrN2O/c1-7-8(11)5-4-6-9(7)13(3)10(14)12-2/h4-6H,1-3H3,(H,12,14). The van der Waals surface area contributed by atoms with Gasteiger partial charge in [0.1, 0.15) is 0 Å². The number of rotatable bonds is 1. The van der Waals surface area contributed by atoms with Crippen LogP contribution in [-0.2, 0) is 0 Å². The fourth-order valence-electron chi connectivity index (χ4n) is 1.24. The van der Waals surface area contributed by atoms with Crippen LogP contribution >= 0.6 is 15.9 Å². The molecule has 76 valence electrons. The first kappa shape index (κ1) is 11.0. The fraction of sp³-hybridized carbons (Fsp3) is 0.300. The summed E-state index contributed by atoms with van der Waals surface area (Å²) in [6, 6.07) is 5.66. The Morgan fingerprint density at radius 1 is 1.50 bits per heavy atom. The van der Waals surface area contributed by atoms with Gasteiger partial charge in [-0.15, -0.1) is 0 Å². The SMILES string of the molecule is CNC(=O)N(C)c1cccc(Br)c1C. The largest absolute Gasteiger partial charge is 0.341 e. The smallest absolute Gasteiger partial charge is 0.321 e. The second kappa shape index (κ2) is 4.46. The number of hydrogen-bond acceptors (Lipinski definition) is 1. The first-order chi connectivity index (χ1) is 6.57. The highest BCUT2D eigenvalue weighted by atomic mass is 79.9. The minimum absolute atomic E-state index is 0.119. The van der Waals surface area contributed by atoms with E-state index in [0.717, 1.165) is 15.7 Å². The zero-order valence-corrected chi connectivity index (χ0v) is 10.1. The van der Waals surface area contributed by atoms with Crippen LogP contribution in [0.1, 0.15) is 5.56 Å². The summed E-state index contributed by atoms with van der Waals surface area (Å²) in [4.78, 5) is 13.0. The molecule has 0 aliphatic carbocycles. The Morgan fingerprint density at radius 3 is 2.71 bits per heavy atom. The average molecular weight is 257 g/mol. The summed E-state index contributed by atoms with van der Waals surface area (Å²) >= 11 is 3.43. The van der Waals surface area contributed by atoms with Gasteiger partial charge in [-0.1, -0.05) is 22.0 Å². The summed E-state index contributed by atoms with van der Waals surface area (Å²) in [6.45, 7) is 1.97. The maximum atomic E-state index is 11.4. The molecule has 0 bridgehead atoms. The third-order valence-electron chi connectivity index (χ3n) is 2.12. The molecule has 1 aromatic rings. The zero-order valence-electron chi connectivity index (χ0n) is 8.47. The van der Waals surface area contributed by atoms with Gasteiger partial charge in [-0.2, -0.15) is 0 Å². The van der Waals surface area contributed by atoms with Gasteiger partial charge in [0.05, 0.1) is 0 Å². The Balaban J connectivity index is 3.07. The van der Waals surface area contributed by atoms with Crippen LogP contribution in [0.4, 0.5) is 10.5 Å². The van der Waals surface area contributed by atoms with Crippen LogP contribution in [0, 0.1) is 6.92 Å². The summed E-state index contributed by atoms with van der Waals surface area (Å²) in [6.07, 6.45) is 0. The molecule has 0 aliphatic rings. The Labute approximate surface area is 92.2 Å². The number of carbonyl (C=O) groups is 1. The van der Waals surface area contributed by atoms with E-state index in [1.807, 2.05) is 25.1 Å². The van der Waals surface area contributed by atoms with E-state index in [9.17, 15) is 4.79 Å². The second-order valence-corrected chi connectivity index (χ2v) is 3.85. The number of hydrogen-bond donors (Lipinski definition) is 1. The summed E-state index contributed by atoms with van der Waals surface area (Å²) in [5.41, 5.74) is 1.96. The highest BCUT2D eigenvalue weighted by Gasteiger charge is 2.11. The van der Waals surface area contributed by atoms with Crippen LogP contribution in [0.2, 0.25) is 0 Å². The number of carbonyl (C=O) groups excluding carboxylic acids is 1. The topological polar surface area (TPSA) is 32.3 Å². The molecule has 2 amide bonds. The van der Waals surface area contributed by atoms with E-state index in [-0.39, 0.29) is 6.03 Å². The van der Waals surface area contributed by atoms with Crippen LogP contribution < -0.4 is 10.2 Å². The maximum Gasteiger partial charge on any atom is 0.321 e. The van der Waals surface area contributed by atoms with Crippen molar-refractivity contribution in [1.82, 2.24) is 5.32 Å². The predicted molar refractivity (Wildman–Crippen MR) is 61.7 cm³/mol. The molecule has 0 fully saturated rings. The van der Waals surface area contributed by atoms with Crippen molar-refractivity contribution in [3.05, 3.63) is 28.2 Å². The molecule has 0 spiro atoms. The number of nitrogens with zero attached hydrogens (tertiary/aromatic N) is 1. The van der Waals surface area contributed by atoms with Crippen molar-refractivity contribution < 1.29 is 4.79 Å². The van der Waals surface area contributed by atoms with Gasteiger partial charge in [0.15, 0.2) is 0 Å². The lowest BCUT2D eigenvalue weighted by atomic mass is 10.2. The highest BCUT2D eigenvalue weighted by Crippen LogP contribution is 2.25. The van der Waals surface area contributed by atoms with Crippen molar-refractivity contribution in [1.29, 1.82) is 0 Å². The molecule has 3 nitrogen and oxygen atoms in total. The lowest BCUT2D eigenvalue weighted by Crippen LogP contribution is -2.35. The number of amides is 2. The Bertz CT molecular complexity index is 352. The molecule has 0 radical (unpaired) electrons. The van der Waals surface area contributed by atoms with Crippen molar-refractivity contribution in [3.63, 3.8) is 0 Å². The van der Waals surface area contributed by atoms with Crippen LogP contribution in [0.25, 0.3) is 0 Å². The van der Waals surface area contributed by atoms with E-state index in [4.69, 9.17) is 0 Å². The molecule has 1 aromatic carbocycles. The molecule has 4 heteroatoms. The number of nitrogens with one attached hydrogen (secondary N) is 1. The zero-order chi connectivity index (χ0) is 10.7. The van der Waals surface area contributed by atoms with Gasteiger partial charge in [0.25, 0.3) is 0 Å². The predicted octanol–water partition coefficient (Wildman–Crippen LogP) is 2.53. The minimum Gasteiger partial charge on any atom is -0.341 e. The third-order valence-corrected chi connectivity index (χ3v) is 2.98. The van der Waals surface area contributed by atoms with Crippen molar-refractivity contribution in [2.75, 3.05) is 19.0 Å². The number of halogens is 1. The Hall–Kier alpha value is -1.03. The quantitative estimate of drug-likeness (QED) is 0.823. The van der Waals surface area contributed by atoms with Gasteiger partial charge >= 0.3 is 6.03 Å². The summed E-state index contributed by atoms with van der Waals surface area (Å²) in [7, 11) is 3.36. The molecule has 1 rings (SSSR count). The van der Waals surface area contributed by atoms with Crippen LogP contribution in [-0.4, -0.2) is 20.1 Å². The first-order valence-corrected chi connectivity index (χ1v) is 5.07. The maximum absolute atomic E-state index is 11.4. The number of urea groups is 1. The van der Waals surface area contributed by atoms with E-state index < -0.39 is 0 Å². The van der Waals surface area contributed by atoms with Crippen molar-refractivity contribution in [3.8, 4) is 0 Å². The van der Waals surface area contributed by atoms with Gasteiger partial charge in [0, 0.05) is 24.3 Å². The Kier molecular flexibility index (Phi) is 3.52. The highest BCUT2D eigenvalue weighted by molar-refractivity contribution is 9.10. The molecular formula is C10H13BrN2O. The second-order valence-electron chi connectivity index (χ2n) is 3.00. The molecule has 1 N–H and O–H groups in total. The molecule has 0 heterocycles. The fourth-order valence-corrected chi connectivity index (χ4v) is 1.59. The summed E-state index contributed by atoms with van der Waals surface area (Å²) in [5, 5.41) is 2.58. The van der Waals surface area contributed by atoms with Gasteiger partial charge in [-0.25, -0.2) is 4.79 Å². The van der Waals surface area contributed by atoms with Crippen molar-refractivity contribution in [2.24, 2.45) is 0 Å². The monoisotopic (exact) mass is 256 g/mol. The molecule has 0 aliphatic heterocycles. The van der Waals surface area contributed by atoms with Gasteiger partial charge < -0.3 is 5.32 Å².